The number of carbonyl (C=O) groups is 2. The standard InChI is InChI=1S/C15H21NO3S/c1-10-6-11(2)8-16(7-10)13(17)9-19-15(18)14-12(3)4-5-20-14/h4-5,10-11H,6-9H2,1-3H3/t10-,11+. The Morgan fingerprint density at radius 1 is 1.35 bits per heavy atom. The van der Waals surface area contributed by atoms with Gasteiger partial charge in [-0.3, -0.25) is 4.79 Å². The Morgan fingerprint density at radius 2 is 2.00 bits per heavy atom. The van der Waals surface area contributed by atoms with Gasteiger partial charge in [0.2, 0.25) is 0 Å². The summed E-state index contributed by atoms with van der Waals surface area (Å²) in [4.78, 5) is 26.4. The molecule has 2 heterocycles. The number of carbonyl (C=O) groups excluding carboxylic acids is 2. The van der Waals surface area contributed by atoms with Crippen molar-refractivity contribution in [1.82, 2.24) is 4.90 Å². The van der Waals surface area contributed by atoms with Gasteiger partial charge >= 0.3 is 5.97 Å². The van der Waals surface area contributed by atoms with Crippen LogP contribution in [0.2, 0.25) is 0 Å². The SMILES string of the molecule is Cc1ccsc1C(=O)OCC(=O)N1C[C@H](C)C[C@H](C)C1. The zero-order valence-corrected chi connectivity index (χ0v) is 13.0. The van der Waals surface area contributed by atoms with E-state index in [1.54, 1.807) is 0 Å². The summed E-state index contributed by atoms with van der Waals surface area (Å²) in [6.07, 6.45) is 1.15. The number of hydrogen-bond acceptors (Lipinski definition) is 4. The number of hydrogen-bond donors (Lipinski definition) is 0. The van der Waals surface area contributed by atoms with Gasteiger partial charge in [0.1, 0.15) is 4.88 Å². The van der Waals surface area contributed by atoms with Crippen LogP contribution in [0.25, 0.3) is 0 Å². The molecular weight excluding hydrogens is 274 g/mol. The van der Waals surface area contributed by atoms with E-state index < -0.39 is 5.97 Å². The van der Waals surface area contributed by atoms with Crippen molar-refractivity contribution < 1.29 is 14.3 Å². The Hall–Kier alpha value is -1.36. The Morgan fingerprint density at radius 3 is 2.55 bits per heavy atom. The number of esters is 1. The number of nitrogens with zero attached hydrogens (tertiary/aromatic N) is 1. The first kappa shape index (κ1) is 15.0. The molecule has 1 saturated heterocycles. The summed E-state index contributed by atoms with van der Waals surface area (Å²) >= 11 is 1.35. The molecule has 2 atom stereocenters. The van der Waals surface area contributed by atoms with Gasteiger partial charge in [-0.2, -0.15) is 0 Å². The van der Waals surface area contributed by atoms with Crippen LogP contribution in [-0.4, -0.2) is 36.5 Å². The van der Waals surface area contributed by atoms with E-state index in [0.29, 0.717) is 16.7 Å². The first-order valence-corrected chi connectivity index (χ1v) is 7.84. The third kappa shape index (κ3) is 3.60. The number of piperidine rings is 1. The molecule has 0 unspecified atom stereocenters. The molecule has 0 radical (unpaired) electrons. The van der Waals surface area contributed by atoms with Gasteiger partial charge in [0.25, 0.3) is 5.91 Å². The van der Waals surface area contributed by atoms with Crippen molar-refractivity contribution in [3.63, 3.8) is 0 Å². The van der Waals surface area contributed by atoms with Gasteiger partial charge in [-0.15, -0.1) is 11.3 Å². The normalized spacial score (nSPS) is 22.6. The van der Waals surface area contributed by atoms with Crippen LogP contribution in [0.3, 0.4) is 0 Å². The lowest BCUT2D eigenvalue weighted by Gasteiger charge is -2.34. The van der Waals surface area contributed by atoms with Gasteiger partial charge < -0.3 is 9.64 Å². The molecule has 1 aliphatic heterocycles. The van der Waals surface area contributed by atoms with Crippen molar-refractivity contribution in [2.45, 2.75) is 27.2 Å². The second kappa shape index (κ2) is 6.39. The number of aryl methyl sites for hydroxylation is 1. The van der Waals surface area contributed by atoms with Crippen molar-refractivity contribution >= 4 is 23.2 Å². The smallest absolute Gasteiger partial charge is 0.349 e. The topological polar surface area (TPSA) is 46.6 Å². The van der Waals surface area contributed by atoms with Crippen LogP contribution in [0, 0.1) is 18.8 Å². The van der Waals surface area contributed by atoms with E-state index in [9.17, 15) is 9.59 Å². The lowest BCUT2D eigenvalue weighted by molar-refractivity contribution is -0.137. The van der Waals surface area contributed by atoms with E-state index in [1.807, 2.05) is 23.3 Å². The fraction of sp³-hybridized carbons (Fsp3) is 0.600. The summed E-state index contributed by atoms with van der Waals surface area (Å²) in [7, 11) is 0. The first-order valence-electron chi connectivity index (χ1n) is 6.96. The lowest BCUT2D eigenvalue weighted by atomic mass is 9.92. The maximum atomic E-state index is 12.1. The Balaban J connectivity index is 1.86. The summed E-state index contributed by atoms with van der Waals surface area (Å²) in [6, 6.07) is 1.87. The summed E-state index contributed by atoms with van der Waals surface area (Å²) in [5, 5.41) is 1.85. The van der Waals surface area contributed by atoms with E-state index in [1.165, 1.54) is 11.3 Å². The number of amides is 1. The van der Waals surface area contributed by atoms with Crippen LogP contribution in [0.1, 0.15) is 35.5 Å². The molecule has 4 nitrogen and oxygen atoms in total. The van der Waals surface area contributed by atoms with Crippen LogP contribution < -0.4 is 0 Å². The molecule has 0 bridgehead atoms. The van der Waals surface area contributed by atoms with E-state index >= 15 is 0 Å². The molecule has 1 fully saturated rings. The second-order valence-electron chi connectivity index (χ2n) is 5.75. The molecular formula is C15H21NO3S. The fourth-order valence-electron chi connectivity index (χ4n) is 2.73. The van der Waals surface area contributed by atoms with Crippen LogP contribution in [0.15, 0.2) is 11.4 Å². The number of rotatable bonds is 3. The highest BCUT2D eigenvalue weighted by Crippen LogP contribution is 2.21. The average Bonchev–Trinajstić information content (AvgIpc) is 2.80. The maximum absolute atomic E-state index is 12.1. The zero-order chi connectivity index (χ0) is 14.7. The van der Waals surface area contributed by atoms with Crippen LogP contribution in [-0.2, 0) is 9.53 Å². The Labute approximate surface area is 123 Å². The van der Waals surface area contributed by atoms with Gasteiger partial charge in [-0.05, 0) is 42.2 Å². The maximum Gasteiger partial charge on any atom is 0.349 e. The predicted octanol–water partition coefficient (Wildman–Crippen LogP) is 2.72. The first-order chi connectivity index (χ1) is 9.47. The van der Waals surface area contributed by atoms with Crippen molar-refractivity contribution in [3.05, 3.63) is 21.9 Å². The van der Waals surface area contributed by atoms with E-state index in [4.69, 9.17) is 4.74 Å². The minimum absolute atomic E-state index is 0.0917. The molecule has 20 heavy (non-hydrogen) atoms. The molecule has 1 aromatic rings. The Bertz CT molecular complexity index is 487. The molecule has 1 aliphatic rings. The van der Waals surface area contributed by atoms with E-state index in [0.717, 1.165) is 25.1 Å². The molecule has 0 aromatic carbocycles. The molecule has 0 aliphatic carbocycles. The van der Waals surface area contributed by atoms with Crippen molar-refractivity contribution in [2.24, 2.45) is 11.8 Å². The molecule has 0 N–H and O–H groups in total. The fourth-order valence-corrected chi connectivity index (χ4v) is 3.55. The second-order valence-corrected chi connectivity index (χ2v) is 6.67. The van der Waals surface area contributed by atoms with E-state index in [2.05, 4.69) is 13.8 Å². The monoisotopic (exact) mass is 295 g/mol. The predicted molar refractivity (Wildman–Crippen MR) is 78.9 cm³/mol. The van der Waals surface area contributed by atoms with Crippen molar-refractivity contribution in [2.75, 3.05) is 19.7 Å². The molecule has 110 valence electrons. The minimum atomic E-state index is -0.399. The highest BCUT2D eigenvalue weighted by Gasteiger charge is 2.26. The van der Waals surface area contributed by atoms with Gasteiger partial charge in [0.15, 0.2) is 6.61 Å². The molecule has 1 aromatic heterocycles. The quantitative estimate of drug-likeness (QED) is 0.806. The number of thiophene rings is 1. The van der Waals surface area contributed by atoms with Crippen LogP contribution in [0.5, 0.6) is 0 Å². The van der Waals surface area contributed by atoms with Crippen molar-refractivity contribution in [1.29, 1.82) is 0 Å². The lowest BCUT2D eigenvalue weighted by Crippen LogP contribution is -2.44. The van der Waals surface area contributed by atoms with Crippen LogP contribution >= 0.6 is 11.3 Å². The Kier molecular flexibility index (Phi) is 4.81. The summed E-state index contributed by atoms with van der Waals surface area (Å²) in [5.74, 6) is 0.533. The number of likely N-dealkylation sites (tertiary alicyclic amines) is 1. The van der Waals surface area contributed by atoms with Crippen LogP contribution in [0.4, 0.5) is 0 Å². The molecule has 2 rings (SSSR count). The van der Waals surface area contributed by atoms with E-state index in [-0.39, 0.29) is 12.5 Å². The van der Waals surface area contributed by atoms with Gasteiger partial charge in [-0.1, -0.05) is 13.8 Å². The number of ether oxygens (including phenoxy) is 1. The zero-order valence-electron chi connectivity index (χ0n) is 12.2. The molecule has 5 heteroatoms. The average molecular weight is 295 g/mol. The highest BCUT2D eigenvalue weighted by atomic mass is 32.1. The molecule has 0 saturated carbocycles. The largest absolute Gasteiger partial charge is 0.451 e. The summed E-state index contributed by atoms with van der Waals surface area (Å²) in [5.41, 5.74) is 0.896. The highest BCUT2D eigenvalue weighted by molar-refractivity contribution is 7.12. The third-order valence-corrected chi connectivity index (χ3v) is 4.59. The van der Waals surface area contributed by atoms with Crippen molar-refractivity contribution in [3.8, 4) is 0 Å². The summed E-state index contributed by atoms with van der Waals surface area (Å²) in [6.45, 7) is 7.53. The minimum Gasteiger partial charge on any atom is -0.451 e. The van der Waals surface area contributed by atoms with Gasteiger partial charge in [-0.25, -0.2) is 4.79 Å². The third-order valence-electron chi connectivity index (χ3n) is 3.60. The van der Waals surface area contributed by atoms with Gasteiger partial charge in [0.05, 0.1) is 0 Å². The molecule has 0 spiro atoms. The van der Waals surface area contributed by atoms with Gasteiger partial charge in [0, 0.05) is 13.1 Å². The molecule has 1 amide bonds. The summed E-state index contributed by atoms with van der Waals surface area (Å²) < 4.78 is 5.13.